The number of benzene rings is 1. The Morgan fingerprint density at radius 2 is 2.06 bits per heavy atom. The second-order valence-corrected chi connectivity index (χ2v) is 5.42. The van der Waals surface area contributed by atoms with Gasteiger partial charge in [-0.25, -0.2) is 4.79 Å². The number of amides is 3. The summed E-state index contributed by atoms with van der Waals surface area (Å²) in [5.74, 6) is -1.08. The summed E-state index contributed by atoms with van der Waals surface area (Å²) in [5, 5.41) is 1.83. The fourth-order valence-corrected chi connectivity index (χ4v) is 2.48. The molecule has 0 radical (unpaired) electrons. The third-order valence-corrected chi connectivity index (χ3v) is 3.62. The molecule has 0 aliphatic carbocycles. The Hall–Kier alpha value is -1.41. The minimum Gasteiger partial charge on any atom is -0.398 e. The Morgan fingerprint density at radius 3 is 2.59 bits per heavy atom. The number of carbonyl (C=O) groups is 2. The van der Waals surface area contributed by atoms with Crippen LogP contribution in [0.1, 0.15) is 0 Å². The molecular weight excluding hydrogens is 310 g/mol. The fraction of sp³-hybridized carbons (Fsp3) is 0.111. The van der Waals surface area contributed by atoms with E-state index >= 15 is 0 Å². The van der Waals surface area contributed by atoms with Crippen LogP contribution in [-0.2, 0) is 15.6 Å². The highest BCUT2D eigenvalue weighted by Crippen LogP contribution is 2.21. The van der Waals surface area contributed by atoms with E-state index in [0.29, 0.717) is 10.6 Å². The lowest BCUT2D eigenvalue weighted by molar-refractivity contribution is -0.117. The molecule has 0 heterocycles. The molecule has 1 atom stereocenters. The lowest BCUT2D eigenvalue weighted by Gasteiger charge is -2.05. The maximum absolute atomic E-state index is 11.8. The third kappa shape index (κ3) is 4.16. The van der Waals surface area contributed by atoms with Crippen LogP contribution >= 0.6 is 15.9 Å². The molecule has 0 spiro atoms. The first-order valence-corrected chi connectivity index (χ1v) is 6.54. The molecule has 0 bridgehead atoms. The smallest absolute Gasteiger partial charge is 0.318 e. The van der Waals surface area contributed by atoms with Gasteiger partial charge in [0.25, 0.3) is 0 Å². The number of carbonyl (C=O) groups excluding carboxylic acids is 2. The zero-order chi connectivity index (χ0) is 13.0. The monoisotopic (exact) mass is 319 g/mol. The molecular formula is C9H10BrN3O3S. The van der Waals surface area contributed by atoms with Gasteiger partial charge >= 0.3 is 6.03 Å². The average Bonchev–Trinajstić information content (AvgIpc) is 2.15. The van der Waals surface area contributed by atoms with Crippen LogP contribution in [0.5, 0.6) is 0 Å². The molecule has 0 saturated heterocycles. The molecule has 17 heavy (non-hydrogen) atoms. The van der Waals surface area contributed by atoms with Gasteiger partial charge in [-0.15, -0.1) is 0 Å². The van der Waals surface area contributed by atoms with Crippen LogP contribution in [0.3, 0.4) is 0 Å². The largest absolute Gasteiger partial charge is 0.398 e. The van der Waals surface area contributed by atoms with Gasteiger partial charge in [-0.3, -0.25) is 14.3 Å². The van der Waals surface area contributed by atoms with E-state index in [2.05, 4.69) is 15.9 Å². The summed E-state index contributed by atoms with van der Waals surface area (Å²) in [6.07, 6.45) is 0. The molecule has 6 nitrogen and oxygen atoms in total. The van der Waals surface area contributed by atoms with E-state index in [4.69, 9.17) is 11.5 Å². The number of imide groups is 1. The number of hydrogen-bond acceptors (Lipinski definition) is 4. The second-order valence-electron chi connectivity index (χ2n) is 3.08. The van der Waals surface area contributed by atoms with Crippen LogP contribution in [0, 0.1) is 0 Å². The van der Waals surface area contributed by atoms with Crippen LogP contribution in [-0.4, -0.2) is 21.9 Å². The molecule has 3 amide bonds. The van der Waals surface area contributed by atoms with E-state index in [1.54, 1.807) is 18.2 Å². The quantitative estimate of drug-likeness (QED) is 0.696. The highest BCUT2D eigenvalue weighted by Gasteiger charge is 2.14. The predicted octanol–water partition coefficient (Wildman–Crippen LogP) is 0.334. The first kappa shape index (κ1) is 13.7. The summed E-state index contributed by atoms with van der Waals surface area (Å²) < 4.78 is 12.5. The summed E-state index contributed by atoms with van der Waals surface area (Å²) in [6.45, 7) is 0. The van der Waals surface area contributed by atoms with Crippen molar-refractivity contribution in [1.29, 1.82) is 0 Å². The van der Waals surface area contributed by atoms with Crippen LogP contribution in [0.15, 0.2) is 27.6 Å². The van der Waals surface area contributed by atoms with Crippen molar-refractivity contribution >= 4 is 44.4 Å². The topological polar surface area (TPSA) is 115 Å². The van der Waals surface area contributed by atoms with Crippen molar-refractivity contribution in [3.63, 3.8) is 0 Å². The zero-order valence-corrected chi connectivity index (χ0v) is 11.0. The van der Waals surface area contributed by atoms with Gasteiger partial charge in [-0.05, 0) is 18.2 Å². The molecule has 0 aliphatic heterocycles. The van der Waals surface area contributed by atoms with Gasteiger partial charge in [0.15, 0.2) is 0 Å². The van der Waals surface area contributed by atoms with Gasteiger partial charge in [0.05, 0.1) is 15.7 Å². The normalized spacial score (nSPS) is 11.8. The Morgan fingerprint density at radius 1 is 1.41 bits per heavy atom. The first-order valence-electron chi connectivity index (χ1n) is 4.43. The molecule has 1 rings (SSSR count). The fourth-order valence-electron chi connectivity index (χ4n) is 1.10. The molecule has 1 aromatic carbocycles. The van der Waals surface area contributed by atoms with E-state index in [9.17, 15) is 13.8 Å². The molecule has 8 heteroatoms. The van der Waals surface area contributed by atoms with Crippen LogP contribution in [0.2, 0.25) is 0 Å². The van der Waals surface area contributed by atoms with E-state index in [1.807, 2.05) is 5.32 Å². The van der Waals surface area contributed by atoms with Gasteiger partial charge in [0.2, 0.25) is 5.91 Å². The Labute approximate surface area is 108 Å². The van der Waals surface area contributed by atoms with Crippen LogP contribution in [0.4, 0.5) is 10.5 Å². The number of halogens is 1. The molecule has 92 valence electrons. The number of nitrogens with one attached hydrogen (secondary N) is 1. The van der Waals surface area contributed by atoms with Gasteiger partial charge in [-0.2, -0.15) is 0 Å². The number of nitrogen functional groups attached to an aromatic ring is 1. The zero-order valence-electron chi connectivity index (χ0n) is 8.60. The molecule has 1 unspecified atom stereocenters. The standard InChI is InChI=1S/C9H10BrN3O3S/c10-5-1-2-7(6(11)3-5)17(16)4-8(14)13-9(12)15/h1-3H,4,11H2,(H3,12,13,14,15). The number of primary amides is 1. The van der Waals surface area contributed by atoms with Crippen molar-refractivity contribution < 1.29 is 13.8 Å². The third-order valence-electron chi connectivity index (χ3n) is 1.74. The summed E-state index contributed by atoms with van der Waals surface area (Å²) in [4.78, 5) is 21.9. The number of anilines is 1. The van der Waals surface area contributed by atoms with Crippen molar-refractivity contribution in [2.75, 3.05) is 11.5 Å². The van der Waals surface area contributed by atoms with Crippen molar-refractivity contribution in [2.24, 2.45) is 5.73 Å². The van der Waals surface area contributed by atoms with Crippen LogP contribution < -0.4 is 16.8 Å². The van der Waals surface area contributed by atoms with Crippen molar-refractivity contribution in [3.8, 4) is 0 Å². The lowest BCUT2D eigenvalue weighted by Crippen LogP contribution is -2.37. The predicted molar refractivity (Wildman–Crippen MR) is 67.6 cm³/mol. The highest BCUT2D eigenvalue weighted by atomic mass is 79.9. The summed E-state index contributed by atoms with van der Waals surface area (Å²) in [6, 6.07) is 3.82. The SMILES string of the molecule is NC(=O)NC(=O)CS(=O)c1ccc(Br)cc1N. The van der Waals surface area contributed by atoms with E-state index in [-0.39, 0.29) is 5.75 Å². The van der Waals surface area contributed by atoms with E-state index < -0.39 is 22.7 Å². The van der Waals surface area contributed by atoms with E-state index in [1.165, 1.54) is 0 Å². The van der Waals surface area contributed by atoms with E-state index in [0.717, 1.165) is 4.47 Å². The second kappa shape index (κ2) is 5.78. The highest BCUT2D eigenvalue weighted by molar-refractivity contribution is 9.10. The molecule has 0 fully saturated rings. The minimum atomic E-state index is -1.62. The number of nitrogens with two attached hydrogens (primary N) is 2. The van der Waals surface area contributed by atoms with Gasteiger partial charge in [0, 0.05) is 10.2 Å². The summed E-state index contributed by atoms with van der Waals surface area (Å²) >= 11 is 3.21. The minimum absolute atomic E-state index is 0.310. The number of hydrogen-bond donors (Lipinski definition) is 3. The Balaban J connectivity index is 2.76. The molecule has 1 aromatic rings. The maximum Gasteiger partial charge on any atom is 0.318 e. The van der Waals surface area contributed by atoms with Gasteiger partial charge in [-0.1, -0.05) is 15.9 Å². The van der Waals surface area contributed by atoms with Gasteiger partial charge < -0.3 is 11.5 Å². The Kier molecular flexibility index (Phi) is 4.64. The maximum atomic E-state index is 11.8. The summed E-state index contributed by atoms with van der Waals surface area (Å²) in [7, 11) is -1.62. The Bertz CT molecular complexity index is 492. The number of urea groups is 1. The van der Waals surface area contributed by atoms with Gasteiger partial charge in [0.1, 0.15) is 5.75 Å². The summed E-state index contributed by atoms with van der Waals surface area (Å²) in [5.41, 5.74) is 10.7. The molecule has 0 aromatic heterocycles. The molecule has 0 aliphatic rings. The lowest BCUT2D eigenvalue weighted by atomic mass is 10.3. The van der Waals surface area contributed by atoms with Crippen molar-refractivity contribution in [3.05, 3.63) is 22.7 Å². The molecule has 0 saturated carbocycles. The van der Waals surface area contributed by atoms with Crippen molar-refractivity contribution in [1.82, 2.24) is 5.32 Å². The average molecular weight is 320 g/mol. The van der Waals surface area contributed by atoms with Crippen molar-refractivity contribution in [2.45, 2.75) is 4.90 Å². The molecule has 5 N–H and O–H groups in total. The van der Waals surface area contributed by atoms with Crippen LogP contribution in [0.25, 0.3) is 0 Å². The number of rotatable bonds is 3. The first-order chi connectivity index (χ1) is 7.90.